The monoisotopic (exact) mass is 295 g/mol. The highest BCUT2D eigenvalue weighted by Gasteiger charge is 2.11. The molecule has 0 aliphatic carbocycles. The zero-order valence-corrected chi connectivity index (χ0v) is 13.1. The first-order valence-corrected chi connectivity index (χ1v) is 7.68. The minimum absolute atomic E-state index is 0.874. The molecule has 3 aromatic rings. The van der Waals surface area contributed by atoms with E-state index in [2.05, 4.69) is 50.7 Å². The molecular formula is C17H21N5. The molecule has 0 bridgehead atoms. The van der Waals surface area contributed by atoms with Crippen LogP contribution >= 0.6 is 0 Å². The van der Waals surface area contributed by atoms with E-state index < -0.39 is 0 Å². The van der Waals surface area contributed by atoms with Gasteiger partial charge in [-0.05, 0) is 31.7 Å². The van der Waals surface area contributed by atoms with Crippen molar-refractivity contribution in [3.05, 3.63) is 47.9 Å². The van der Waals surface area contributed by atoms with E-state index in [1.165, 1.54) is 5.56 Å². The van der Waals surface area contributed by atoms with E-state index in [-0.39, 0.29) is 0 Å². The van der Waals surface area contributed by atoms with Gasteiger partial charge in [-0.1, -0.05) is 30.3 Å². The molecule has 5 heteroatoms. The number of benzene rings is 1. The number of nitrogens with one attached hydrogen (secondary N) is 1. The maximum absolute atomic E-state index is 4.41. The summed E-state index contributed by atoms with van der Waals surface area (Å²) < 4.78 is 1.80. The third kappa shape index (κ3) is 3.08. The Kier molecular flexibility index (Phi) is 4.32. The number of fused-ring (bicyclic) bond motifs is 1. The lowest BCUT2D eigenvalue weighted by Gasteiger charge is -2.07. The number of nitrogens with zero attached hydrogens (tertiary/aromatic N) is 4. The van der Waals surface area contributed by atoms with Gasteiger partial charge < -0.3 is 5.32 Å². The van der Waals surface area contributed by atoms with Gasteiger partial charge in [0.2, 0.25) is 0 Å². The number of hydrogen-bond donors (Lipinski definition) is 1. The van der Waals surface area contributed by atoms with Gasteiger partial charge in [0.05, 0.1) is 11.1 Å². The van der Waals surface area contributed by atoms with Crippen LogP contribution in [0.5, 0.6) is 0 Å². The van der Waals surface area contributed by atoms with Gasteiger partial charge in [0.15, 0.2) is 5.65 Å². The predicted octanol–water partition coefficient (Wildman–Crippen LogP) is 3.11. The van der Waals surface area contributed by atoms with Gasteiger partial charge >= 0.3 is 0 Å². The lowest BCUT2D eigenvalue weighted by Crippen LogP contribution is -2.05. The maximum Gasteiger partial charge on any atom is 0.163 e. The zero-order valence-electron chi connectivity index (χ0n) is 13.1. The number of aryl methyl sites for hydroxylation is 3. The SMILES string of the molecule is Cc1nn(C)c2ncnc(NCCCCc3ccccc3)c12. The summed E-state index contributed by atoms with van der Waals surface area (Å²) in [6.07, 6.45) is 4.99. The zero-order chi connectivity index (χ0) is 15.4. The van der Waals surface area contributed by atoms with Crippen molar-refractivity contribution in [3.8, 4) is 0 Å². The van der Waals surface area contributed by atoms with Gasteiger partial charge in [0, 0.05) is 13.6 Å². The summed E-state index contributed by atoms with van der Waals surface area (Å²) in [5.74, 6) is 0.885. The molecule has 22 heavy (non-hydrogen) atoms. The quantitative estimate of drug-likeness (QED) is 0.710. The minimum Gasteiger partial charge on any atom is -0.369 e. The molecule has 0 unspecified atom stereocenters. The molecule has 1 aromatic carbocycles. The Morgan fingerprint density at radius 1 is 1.09 bits per heavy atom. The van der Waals surface area contributed by atoms with Crippen LogP contribution < -0.4 is 5.32 Å². The van der Waals surface area contributed by atoms with Crippen molar-refractivity contribution in [1.82, 2.24) is 19.7 Å². The topological polar surface area (TPSA) is 55.6 Å². The third-order valence-electron chi connectivity index (χ3n) is 3.82. The Morgan fingerprint density at radius 2 is 1.91 bits per heavy atom. The van der Waals surface area contributed by atoms with E-state index in [0.29, 0.717) is 0 Å². The van der Waals surface area contributed by atoms with Gasteiger partial charge in [0.25, 0.3) is 0 Å². The molecule has 0 saturated heterocycles. The second-order valence-corrected chi connectivity index (χ2v) is 5.50. The normalized spacial score (nSPS) is 11.0. The molecule has 0 aliphatic rings. The molecule has 2 heterocycles. The summed E-state index contributed by atoms with van der Waals surface area (Å²) in [6, 6.07) is 10.6. The van der Waals surface area contributed by atoms with Crippen LogP contribution in [0.1, 0.15) is 24.1 Å². The fourth-order valence-electron chi connectivity index (χ4n) is 2.72. The Labute approximate surface area is 130 Å². The van der Waals surface area contributed by atoms with E-state index in [4.69, 9.17) is 0 Å². The van der Waals surface area contributed by atoms with Crippen LogP contribution in [0.15, 0.2) is 36.7 Å². The summed E-state index contributed by atoms with van der Waals surface area (Å²) in [5, 5.41) is 8.85. The average Bonchev–Trinajstić information content (AvgIpc) is 2.83. The van der Waals surface area contributed by atoms with Crippen LogP contribution in [0.2, 0.25) is 0 Å². The highest BCUT2D eigenvalue weighted by Crippen LogP contribution is 2.21. The summed E-state index contributed by atoms with van der Waals surface area (Å²) >= 11 is 0. The molecule has 0 saturated carbocycles. The standard InChI is InChI=1S/C17H21N5/c1-13-15-16(19-12-20-17(15)22(2)21-13)18-11-7-6-10-14-8-4-3-5-9-14/h3-5,8-9,12H,6-7,10-11H2,1-2H3,(H,18,19,20). The summed E-state index contributed by atoms with van der Waals surface area (Å²) in [7, 11) is 1.91. The van der Waals surface area contributed by atoms with Gasteiger partial charge in [-0.3, -0.25) is 4.68 Å². The third-order valence-corrected chi connectivity index (χ3v) is 3.82. The summed E-state index contributed by atoms with van der Waals surface area (Å²) in [4.78, 5) is 8.66. The van der Waals surface area contributed by atoms with Crippen molar-refractivity contribution in [2.24, 2.45) is 7.05 Å². The molecule has 114 valence electrons. The molecule has 2 aromatic heterocycles. The number of unbranched alkanes of at least 4 members (excludes halogenated alkanes) is 1. The van der Waals surface area contributed by atoms with Crippen LogP contribution in [0, 0.1) is 6.92 Å². The summed E-state index contributed by atoms with van der Waals surface area (Å²) in [5.41, 5.74) is 3.24. The Hall–Kier alpha value is -2.43. The molecule has 1 N–H and O–H groups in total. The number of rotatable bonds is 6. The van der Waals surface area contributed by atoms with Crippen molar-refractivity contribution in [1.29, 1.82) is 0 Å². The van der Waals surface area contributed by atoms with Crippen LogP contribution in [0.25, 0.3) is 11.0 Å². The van der Waals surface area contributed by atoms with Gasteiger partial charge in [0.1, 0.15) is 12.1 Å². The highest BCUT2D eigenvalue weighted by molar-refractivity contribution is 5.88. The van der Waals surface area contributed by atoms with Crippen LogP contribution in [0.3, 0.4) is 0 Å². The lowest BCUT2D eigenvalue weighted by atomic mass is 10.1. The van der Waals surface area contributed by atoms with Crippen molar-refractivity contribution < 1.29 is 0 Å². The second-order valence-electron chi connectivity index (χ2n) is 5.50. The van der Waals surface area contributed by atoms with Crippen molar-refractivity contribution in [3.63, 3.8) is 0 Å². The maximum atomic E-state index is 4.41. The average molecular weight is 295 g/mol. The first-order chi connectivity index (χ1) is 10.8. The minimum atomic E-state index is 0.874. The molecule has 0 fully saturated rings. The van der Waals surface area contributed by atoms with E-state index in [0.717, 1.165) is 48.4 Å². The highest BCUT2D eigenvalue weighted by atomic mass is 15.3. The number of aromatic nitrogens is 4. The van der Waals surface area contributed by atoms with E-state index >= 15 is 0 Å². The molecule has 3 rings (SSSR count). The van der Waals surface area contributed by atoms with E-state index in [9.17, 15) is 0 Å². The van der Waals surface area contributed by atoms with E-state index in [1.807, 2.05) is 14.0 Å². The largest absolute Gasteiger partial charge is 0.369 e. The molecule has 0 spiro atoms. The fraction of sp³-hybridized carbons (Fsp3) is 0.353. The van der Waals surface area contributed by atoms with Crippen LogP contribution in [0.4, 0.5) is 5.82 Å². The first-order valence-electron chi connectivity index (χ1n) is 7.68. The Balaban J connectivity index is 1.56. The van der Waals surface area contributed by atoms with Gasteiger partial charge in [-0.25, -0.2) is 9.97 Å². The number of anilines is 1. The lowest BCUT2D eigenvalue weighted by molar-refractivity contribution is 0.761. The molecule has 0 amide bonds. The molecule has 0 aliphatic heterocycles. The number of hydrogen-bond acceptors (Lipinski definition) is 4. The molecule has 0 radical (unpaired) electrons. The summed E-state index contributed by atoms with van der Waals surface area (Å²) in [6.45, 7) is 2.90. The Morgan fingerprint density at radius 3 is 2.73 bits per heavy atom. The van der Waals surface area contributed by atoms with Gasteiger partial charge in [-0.15, -0.1) is 0 Å². The van der Waals surface area contributed by atoms with Gasteiger partial charge in [-0.2, -0.15) is 5.10 Å². The fourth-order valence-corrected chi connectivity index (χ4v) is 2.72. The van der Waals surface area contributed by atoms with Crippen LogP contribution in [-0.4, -0.2) is 26.3 Å². The van der Waals surface area contributed by atoms with Crippen LogP contribution in [-0.2, 0) is 13.5 Å². The molecular weight excluding hydrogens is 274 g/mol. The van der Waals surface area contributed by atoms with E-state index in [1.54, 1.807) is 11.0 Å². The Bertz CT molecular complexity index is 748. The first kappa shape index (κ1) is 14.5. The second kappa shape index (κ2) is 6.56. The predicted molar refractivity (Wildman–Crippen MR) is 88.9 cm³/mol. The van der Waals surface area contributed by atoms with Crippen molar-refractivity contribution in [2.75, 3.05) is 11.9 Å². The molecule has 5 nitrogen and oxygen atoms in total. The van der Waals surface area contributed by atoms with Crippen molar-refractivity contribution >= 4 is 16.9 Å². The van der Waals surface area contributed by atoms with Crippen molar-refractivity contribution in [2.45, 2.75) is 26.2 Å². The smallest absolute Gasteiger partial charge is 0.163 e. The molecule has 0 atom stereocenters.